The van der Waals surface area contributed by atoms with Crippen molar-refractivity contribution in [2.75, 3.05) is 0 Å². The molecule has 0 fully saturated rings. The Kier molecular flexibility index (Phi) is 5.98. The molecular formula is C7H5BF6KNOS. The van der Waals surface area contributed by atoms with Crippen molar-refractivity contribution in [1.29, 1.82) is 4.78 Å². The van der Waals surface area contributed by atoms with Crippen molar-refractivity contribution in [3.8, 4) is 0 Å². The number of halogens is 6. The first-order valence-corrected chi connectivity index (χ1v) is 5.67. The van der Waals surface area contributed by atoms with Gasteiger partial charge in [-0.2, -0.15) is 13.2 Å². The van der Waals surface area contributed by atoms with Gasteiger partial charge in [-0.15, -0.1) is 5.46 Å². The maximum absolute atomic E-state index is 12.2. The van der Waals surface area contributed by atoms with E-state index in [0.29, 0.717) is 24.3 Å². The van der Waals surface area contributed by atoms with E-state index in [0.717, 1.165) is 0 Å². The van der Waals surface area contributed by atoms with Crippen LogP contribution in [0.25, 0.3) is 0 Å². The van der Waals surface area contributed by atoms with E-state index in [-0.39, 0.29) is 51.4 Å². The third-order valence-electron chi connectivity index (χ3n) is 1.92. The molecule has 1 atom stereocenters. The van der Waals surface area contributed by atoms with E-state index in [2.05, 4.69) is 0 Å². The number of benzene rings is 1. The van der Waals surface area contributed by atoms with E-state index in [1.54, 1.807) is 0 Å². The summed E-state index contributed by atoms with van der Waals surface area (Å²) in [5.41, 5.74) is -6.41. The standard InChI is InChI=1S/C7H5BF6NOS.K/c9-7(10,11)17(15,16)6-3-1-5(2-4-6)8(12,13)14;/h1-4,15H;/q-1;+1. The average Bonchev–Trinajstić information content (AvgIpc) is 2.15. The zero-order chi connectivity index (χ0) is 13.5. The zero-order valence-corrected chi connectivity index (χ0v) is 12.9. The number of hydrogen-bond donors (Lipinski definition) is 1. The van der Waals surface area contributed by atoms with Crippen molar-refractivity contribution >= 4 is 22.2 Å². The largest absolute Gasteiger partial charge is 1.00 e. The van der Waals surface area contributed by atoms with Gasteiger partial charge in [0.05, 0.1) is 4.90 Å². The van der Waals surface area contributed by atoms with E-state index in [1.807, 2.05) is 0 Å². The molecule has 0 spiro atoms. The van der Waals surface area contributed by atoms with E-state index < -0.39 is 32.6 Å². The van der Waals surface area contributed by atoms with Gasteiger partial charge in [-0.05, 0) is 12.1 Å². The first-order valence-electron chi connectivity index (χ1n) is 4.11. The summed E-state index contributed by atoms with van der Waals surface area (Å²) in [5, 5.41) is 0. The fourth-order valence-corrected chi connectivity index (χ4v) is 1.80. The minimum atomic E-state index is -5.33. The molecule has 0 aliphatic heterocycles. The van der Waals surface area contributed by atoms with Crippen molar-refractivity contribution < 1.29 is 81.7 Å². The Morgan fingerprint density at radius 3 is 1.72 bits per heavy atom. The fraction of sp³-hybridized carbons (Fsp3) is 0.143. The predicted octanol–water partition coefficient (Wildman–Crippen LogP) is -0.330. The summed E-state index contributed by atoms with van der Waals surface area (Å²) in [4.78, 5) is -0.992. The Morgan fingerprint density at radius 1 is 1.06 bits per heavy atom. The van der Waals surface area contributed by atoms with E-state index in [1.165, 1.54) is 0 Å². The number of nitrogens with one attached hydrogen (secondary N) is 1. The molecule has 1 aromatic rings. The summed E-state index contributed by atoms with van der Waals surface area (Å²) < 4.78 is 90.7. The van der Waals surface area contributed by atoms with Gasteiger partial charge in [0.25, 0.3) is 0 Å². The monoisotopic (exact) mass is 315 g/mol. The SMILES string of the molecule is N=S(=O)(c1ccc([B-](F)(F)F)cc1)C(F)(F)F.[K+]. The third kappa shape index (κ3) is 3.97. The first-order chi connectivity index (χ1) is 7.46. The molecule has 0 aromatic heterocycles. The fourth-order valence-electron chi connectivity index (χ4n) is 1.01. The molecule has 1 N–H and O–H groups in total. The summed E-state index contributed by atoms with van der Waals surface area (Å²) >= 11 is 0. The van der Waals surface area contributed by atoms with Gasteiger partial charge in [0.1, 0.15) is 0 Å². The van der Waals surface area contributed by atoms with Crippen LogP contribution in [0.4, 0.5) is 26.1 Å². The second-order valence-electron chi connectivity index (χ2n) is 3.15. The summed E-state index contributed by atoms with van der Waals surface area (Å²) in [6, 6.07) is 1.59. The molecule has 1 unspecified atom stereocenters. The maximum Gasteiger partial charge on any atom is 1.00 e. The second kappa shape index (κ2) is 5.83. The van der Waals surface area contributed by atoms with Gasteiger partial charge in [-0.1, -0.05) is 12.1 Å². The van der Waals surface area contributed by atoms with Crippen molar-refractivity contribution in [1.82, 2.24) is 0 Å². The van der Waals surface area contributed by atoms with Crippen molar-refractivity contribution in [3.63, 3.8) is 0 Å². The molecule has 0 aliphatic carbocycles. The van der Waals surface area contributed by atoms with Crippen LogP contribution in [0.5, 0.6) is 0 Å². The second-order valence-corrected chi connectivity index (χ2v) is 5.19. The zero-order valence-electron chi connectivity index (χ0n) is 8.97. The molecule has 2 nitrogen and oxygen atoms in total. The number of hydrogen-bond acceptors (Lipinski definition) is 2. The molecule has 18 heavy (non-hydrogen) atoms. The van der Waals surface area contributed by atoms with E-state index in [4.69, 9.17) is 4.78 Å². The van der Waals surface area contributed by atoms with Gasteiger partial charge in [-0.25, -0.2) is 8.99 Å². The molecule has 0 saturated carbocycles. The molecule has 0 saturated heterocycles. The van der Waals surface area contributed by atoms with Crippen LogP contribution in [0.3, 0.4) is 0 Å². The van der Waals surface area contributed by atoms with Gasteiger partial charge in [0.15, 0.2) is 9.73 Å². The Morgan fingerprint density at radius 2 is 1.44 bits per heavy atom. The normalized spacial score (nSPS) is 15.7. The van der Waals surface area contributed by atoms with Crippen molar-refractivity contribution in [2.45, 2.75) is 10.4 Å². The van der Waals surface area contributed by atoms with Crippen LogP contribution in [-0.2, 0) is 9.73 Å². The van der Waals surface area contributed by atoms with Crippen LogP contribution >= 0.6 is 0 Å². The third-order valence-corrected chi connectivity index (χ3v) is 3.50. The minimum Gasteiger partial charge on any atom is -0.445 e. The van der Waals surface area contributed by atoms with Crippen LogP contribution in [0.15, 0.2) is 29.2 Å². The Bertz CT molecular complexity index is 508. The van der Waals surface area contributed by atoms with Crippen LogP contribution in [-0.4, -0.2) is 16.7 Å². The topological polar surface area (TPSA) is 40.9 Å². The average molecular weight is 315 g/mol. The molecule has 0 heterocycles. The van der Waals surface area contributed by atoms with Crippen molar-refractivity contribution in [2.24, 2.45) is 0 Å². The number of alkyl halides is 3. The van der Waals surface area contributed by atoms with Crippen LogP contribution in [0, 0.1) is 4.78 Å². The molecule has 96 valence electrons. The molecule has 0 bridgehead atoms. The summed E-state index contributed by atoms with van der Waals surface area (Å²) in [5.74, 6) is 0. The predicted molar refractivity (Wildman–Crippen MR) is 50.3 cm³/mol. The van der Waals surface area contributed by atoms with Gasteiger partial charge < -0.3 is 12.9 Å². The quantitative estimate of drug-likeness (QED) is 0.589. The Balaban J connectivity index is 0.00000289. The Labute approximate surface area is 142 Å². The summed E-state index contributed by atoms with van der Waals surface area (Å²) in [6.45, 7) is -5.33. The van der Waals surface area contributed by atoms with Crippen molar-refractivity contribution in [3.05, 3.63) is 24.3 Å². The number of rotatable bonds is 2. The maximum atomic E-state index is 12.2. The summed E-state index contributed by atoms with van der Waals surface area (Å²) in [6.07, 6.45) is 0. The molecule has 1 aromatic carbocycles. The van der Waals surface area contributed by atoms with Crippen LogP contribution < -0.4 is 56.8 Å². The van der Waals surface area contributed by atoms with Gasteiger partial charge in [0, 0.05) is 0 Å². The molecule has 1 rings (SSSR count). The minimum absolute atomic E-state index is 0. The molecule has 11 heteroatoms. The van der Waals surface area contributed by atoms with Crippen LogP contribution in [0.1, 0.15) is 0 Å². The van der Waals surface area contributed by atoms with Gasteiger partial charge in [0.2, 0.25) is 0 Å². The molecule has 0 amide bonds. The first kappa shape index (κ1) is 18.5. The molecule has 0 aliphatic rings. The molecule has 0 radical (unpaired) electrons. The smallest absolute Gasteiger partial charge is 0.445 e. The van der Waals surface area contributed by atoms with Crippen LogP contribution in [0.2, 0.25) is 0 Å². The van der Waals surface area contributed by atoms with E-state index >= 15 is 0 Å². The van der Waals surface area contributed by atoms with E-state index in [9.17, 15) is 30.3 Å². The van der Waals surface area contributed by atoms with Gasteiger partial charge >= 0.3 is 63.9 Å². The summed E-state index contributed by atoms with van der Waals surface area (Å²) in [7, 11) is -5.10. The Hall–Kier alpha value is 0.451. The van der Waals surface area contributed by atoms with Gasteiger partial charge in [-0.3, -0.25) is 0 Å². The molecular weight excluding hydrogens is 310 g/mol.